The van der Waals surface area contributed by atoms with Crippen LogP contribution in [0.15, 0.2) is 36.4 Å². The molecule has 0 atom stereocenters. The fourth-order valence-corrected chi connectivity index (χ4v) is 2.53. The molecule has 2 rings (SSSR count). The van der Waals surface area contributed by atoms with E-state index < -0.39 is 29.1 Å². The summed E-state index contributed by atoms with van der Waals surface area (Å²) in [5, 5.41) is 0. The van der Waals surface area contributed by atoms with Crippen molar-refractivity contribution >= 4 is 5.78 Å². The van der Waals surface area contributed by atoms with Crippen LogP contribution in [0.25, 0.3) is 0 Å². The highest BCUT2D eigenvalue weighted by Gasteiger charge is 2.23. The Hall–Kier alpha value is -2.77. The number of ketones is 1. The van der Waals surface area contributed by atoms with Gasteiger partial charge in [-0.05, 0) is 62.6 Å². The van der Waals surface area contributed by atoms with Gasteiger partial charge in [-0.25, -0.2) is 8.78 Å². The number of ether oxygens (including phenoxy) is 3. The molecular weight excluding hydrogens is 392 g/mol. The maximum absolute atomic E-state index is 14.1. The smallest absolute Gasteiger partial charge is 0.394 e. The number of carbonyl (C=O) groups excluding carboxylic acids is 1. The van der Waals surface area contributed by atoms with Gasteiger partial charge in [0.2, 0.25) is 0 Å². The highest BCUT2D eigenvalue weighted by Crippen LogP contribution is 2.25. The number of hydrogen-bond donors (Lipinski definition) is 0. The number of halogens is 4. The van der Waals surface area contributed by atoms with Gasteiger partial charge in [0, 0.05) is 6.92 Å². The molecule has 0 saturated carbocycles. The summed E-state index contributed by atoms with van der Waals surface area (Å²) in [6, 6.07) is 8.02. The third kappa shape index (κ3) is 7.29. The second-order valence-electron chi connectivity index (χ2n) is 6.43. The van der Waals surface area contributed by atoms with Crippen molar-refractivity contribution in [2.45, 2.75) is 39.2 Å². The average Bonchev–Trinajstić information content (AvgIpc) is 2.62. The van der Waals surface area contributed by atoms with Crippen LogP contribution < -0.4 is 14.2 Å². The number of benzene rings is 2. The molecule has 4 nitrogen and oxygen atoms in total. The van der Waals surface area contributed by atoms with Crippen molar-refractivity contribution in [2.24, 2.45) is 0 Å². The van der Waals surface area contributed by atoms with E-state index in [1.165, 1.54) is 24.3 Å². The third-order valence-electron chi connectivity index (χ3n) is 3.84. The van der Waals surface area contributed by atoms with Gasteiger partial charge in [-0.3, -0.25) is 4.79 Å². The molecule has 0 aromatic heterocycles. The maximum atomic E-state index is 14.1. The van der Waals surface area contributed by atoms with E-state index in [0.717, 1.165) is 25.5 Å². The fraction of sp³-hybridized carbons (Fsp3) is 0.381. The topological polar surface area (TPSA) is 44.8 Å². The third-order valence-corrected chi connectivity index (χ3v) is 3.84. The average molecular weight is 414 g/mol. The van der Waals surface area contributed by atoms with Crippen molar-refractivity contribution in [1.29, 1.82) is 0 Å². The number of unbranched alkanes of at least 4 members (excludes halogenated alkanes) is 2. The van der Waals surface area contributed by atoms with Crippen molar-refractivity contribution in [3.8, 4) is 17.2 Å². The van der Waals surface area contributed by atoms with Crippen LogP contribution in [0.3, 0.4) is 0 Å². The van der Waals surface area contributed by atoms with E-state index in [1.54, 1.807) is 0 Å². The SMILES string of the molecule is CC(=O)c1c(F)ccc(OCCCCCOc2ccc(OC(C)(F)F)cc2)c1F. The number of alkyl halides is 2. The molecule has 29 heavy (non-hydrogen) atoms. The molecule has 0 heterocycles. The Kier molecular flexibility index (Phi) is 7.87. The molecule has 0 unspecified atom stereocenters. The normalized spacial score (nSPS) is 11.2. The van der Waals surface area contributed by atoms with Crippen LogP contribution >= 0.6 is 0 Å². The lowest BCUT2D eigenvalue weighted by molar-refractivity contribution is -0.158. The van der Waals surface area contributed by atoms with Crippen LogP contribution in [0.5, 0.6) is 17.2 Å². The molecule has 0 radical (unpaired) electrons. The largest absolute Gasteiger partial charge is 0.494 e. The molecule has 0 bridgehead atoms. The first-order chi connectivity index (χ1) is 13.7. The van der Waals surface area contributed by atoms with Gasteiger partial charge in [0.25, 0.3) is 0 Å². The summed E-state index contributed by atoms with van der Waals surface area (Å²) in [6.45, 7) is 2.36. The quantitative estimate of drug-likeness (QED) is 0.265. The lowest BCUT2D eigenvalue weighted by atomic mass is 10.1. The predicted octanol–water partition coefficient (Wildman–Crippen LogP) is 5.79. The minimum Gasteiger partial charge on any atom is -0.494 e. The molecule has 2 aromatic rings. The highest BCUT2D eigenvalue weighted by atomic mass is 19.3. The van der Waals surface area contributed by atoms with Crippen LogP contribution in [0.2, 0.25) is 0 Å². The number of hydrogen-bond acceptors (Lipinski definition) is 4. The molecule has 0 N–H and O–H groups in total. The van der Waals surface area contributed by atoms with Crippen molar-refractivity contribution < 1.29 is 36.6 Å². The van der Waals surface area contributed by atoms with Gasteiger partial charge in [0.15, 0.2) is 17.3 Å². The van der Waals surface area contributed by atoms with E-state index in [-0.39, 0.29) is 18.1 Å². The molecule has 0 fully saturated rings. The highest BCUT2D eigenvalue weighted by molar-refractivity contribution is 5.95. The van der Waals surface area contributed by atoms with Gasteiger partial charge in [-0.15, -0.1) is 0 Å². The molecule has 0 saturated heterocycles. The van der Waals surface area contributed by atoms with Gasteiger partial charge in [-0.2, -0.15) is 8.78 Å². The van der Waals surface area contributed by atoms with Gasteiger partial charge in [0.05, 0.1) is 18.8 Å². The molecule has 0 aliphatic rings. The minimum absolute atomic E-state index is 0.0444. The Balaban J connectivity index is 1.67. The van der Waals surface area contributed by atoms with E-state index in [1.807, 2.05) is 0 Å². The first kappa shape index (κ1) is 22.5. The minimum atomic E-state index is -3.24. The summed E-state index contributed by atoms with van der Waals surface area (Å²) in [5.74, 6) is -2.20. The van der Waals surface area contributed by atoms with Crippen LogP contribution in [-0.2, 0) is 0 Å². The molecule has 0 aliphatic carbocycles. The number of Topliss-reactive ketones (excluding diaryl/α,β-unsaturated/α-hetero) is 1. The monoisotopic (exact) mass is 414 g/mol. The van der Waals surface area contributed by atoms with E-state index in [2.05, 4.69) is 4.74 Å². The first-order valence-electron chi connectivity index (χ1n) is 9.09. The van der Waals surface area contributed by atoms with Crippen molar-refractivity contribution in [1.82, 2.24) is 0 Å². The second kappa shape index (κ2) is 10.1. The lowest BCUT2D eigenvalue weighted by Gasteiger charge is -2.13. The standard InChI is InChI=1S/C21H22F4O4/c1-14(26)19-17(22)10-11-18(20(19)23)28-13-5-3-4-12-27-15-6-8-16(9-7-15)29-21(2,24)25/h6-11H,3-5,12-13H2,1-2H3. The van der Waals surface area contributed by atoms with Gasteiger partial charge < -0.3 is 14.2 Å². The lowest BCUT2D eigenvalue weighted by Crippen LogP contribution is -2.18. The van der Waals surface area contributed by atoms with Gasteiger partial charge in [-0.1, -0.05) is 0 Å². The van der Waals surface area contributed by atoms with Crippen molar-refractivity contribution in [3.05, 3.63) is 53.6 Å². The van der Waals surface area contributed by atoms with E-state index >= 15 is 0 Å². The van der Waals surface area contributed by atoms with Crippen molar-refractivity contribution in [3.63, 3.8) is 0 Å². The Morgan fingerprint density at radius 1 is 0.897 bits per heavy atom. The summed E-state index contributed by atoms with van der Waals surface area (Å²) in [7, 11) is 0. The molecule has 0 amide bonds. The first-order valence-corrected chi connectivity index (χ1v) is 9.09. The summed E-state index contributed by atoms with van der Waals surface area (Å²) >= 11 is 0. The molecule has 158 valence electrons. The Labute approximate surface area is 166 Å². The van der Waals surface area contributed by atoms with Gasteiger partial charge >= 0.3 is 6.11 Å². The van der Waals surface area contributed by atoms with E-state index in [9.17, 15) is 22.4 Å². The van der Waals surface area contributed by atoms with E-state index in [4.69, 9.17) is 9.47 Å². The van der Waals surface area contributed by atoms with Crippen LogP contribution in [0, 0.1) is 11.6 Å². The fourth-order valence-electron chi connectivity index (χ4n) is 2.53. The summed E-state index contributed by atoms with van der Waals surface area (Å²) in [6.07, 6.45) is -1.21. The molecule has 0 aliphatic heterocycles. The van der Waals surface area contributed by atoms with Crippen LogP contribution in [-0.4, -0.2) is 25.1 Å². The Morgan fingerprint density at radius 3 is 2.07 bits per heavy atom. The Morgan fingerprint density at radius 2 is 1.48 bits per heavy atom. The maximum Gasteiger partial charge on any atom is 0.394 e. The van der Waals surface area contributed by atoms with Crippen LogP contribution in [0.1, 0.15) is 43.5 Å². The van der Waals surface area contributed by atoms with Gasteiger partial charge in [0.1, 0.15) is 17.3 Å². The zero-order chi connectivity index (χ0) is 21.4. The second-order valence-corrected chi connectivity index (χ2v) is 6.43. The van der Waals surface area contributed by atoms with E-state index in [0.29, 0.717) is 32.1 Å². The number of carbonyl (C=O) groups is 1. The predicted molar refractivity (Wildman–Crippen MR) is 98.9 cm³/mol. The summed E-state index contributed by atoms with van der Waals surface area (Å²) < 4.78 is 68.3. The summed E-state index contributed by atoms with van der Waals surface area (Å²) in [5.41, 5.74) is -0.602. The molecule has 8 heteroatoms. The molecular formula is C21H22F4O4. The zero-order valence-electron chi connectivity index (χ0n) is 16.1. The van der Waals surface area contributed by atoms with Crippen molar-refractivity contribution in [2.75, 3.05) is 13.2 Å². The summed E-state index contributed by atoms with van der Waals surface area (Å²) in [4.78, 5) is 11.3. The Bertz CT molecular complexity index is 817. The molecule has 2 aromatic carbocycles. The zero-order valence-corrected chi connectivity index (χ0v) is 16.1. The molecule has 0 spiro atoms. The number of rotatable bonds is 11. The van der Waals surface area contributed by atoms with Crippen LogP contribution in [0.4, 0.5) is 17.6 Å².